The third kappa shape index (κ3) is 6.13. The average Bonchev–Trinajstić information content (AvgIpc) is 3.45. The van der Waals surface area contributed by atoms with E-state index in [4.69, 9.17) is 15.0 Å². The zero-order valence-electron chi connectivity index (χ0n) is 18.8. The normalized spacial score (nSPS) is 10.9. The van der Waals surface area contributed by atoms with Crippen molar-refractivity contribution in [3.05, 3.63) is 70.6 Å². The number of anilines is 3. The van der Waals surface area contributed by atoms with Gasteiger partial charge in [-0.3, -0.25) is 9.89 Å². The Morgan fingerprint density at radius 2 is 2.06 bits per heavy atom. The molecule has 0 saturated carbocycles. The number of hydrogen-bond acceptors (Lipinski definition) is 10. The number of aromatic nitrogens is 6. The summed E-state index contributed by atoms with van der Waals surface area (Å²) in [6, 6.07) is 9.03. The first-order valence-electron chi connectivity index (χ1n) is 10.6. The fourth-order valence-electron chi connectivity index (χ4n) is 3.28. The van der Waals surface area contributed by atoms with Crippen molar-refractivity contribution in [2.75, 3.05) is 17.7 Å². The van der Waals surface area contributed by atoms with Crippen LogP contribution in [0.15, 0.2) is 41.1 Å². The lowest BCUT2D eigenvalue weighted by atomic mass is 10.1. The van der Waals surface area contributed by atoms with E-state index >= 15 is 0 Å². The lowest BCUT2D eigenvalue weighted by Crippen LogP contribution is -2.15. The predicted molar refractivity (Wildman–Crippen MR) is 123 cm³/mol. The Morgan fingerprint density at radius 1 is 1.18 bits per heavy atom. The number of amides is 1. The van der Waals surface area contributed by atoms with E-state index in [1.165, 1.54) is 0 Å². The summed E-state index contributed by atoms with van der Waals surface area (Å²) in [5.74, 6) is 1.78. The van der Waals surface area contributed by atoms with Gasteiger partial charge in [0, 0.05) is 36.8 Å². The highest BCUT2D eigenvalue weighted by Crippen LogP contribution is 2.16. The smallest absolute Gasteiger partial charge is 0.267 e. The van der Waals surface area contributed by atoms with E-state index in [1.54, 1.807) is 25.4 Å². The Bertz CT molecular complexity index is 1270. The summed E-state index contributed by atoms with van der Waals surface area (Å²) in [6.07, 6.45) is 2.89. The van der Waals surface area contributed by atoms with Gasteiger partial charge in [0.05, 0.1) is 18.8 Å². The maximum absolute atomic E-state index is 11.6. The van der Waals surface area contributed by atoms with Crippen molar-refractivity contribution in [3.63, 3.8) is 0 Å². The van der Waals surface area contributed by atoms with Crippen molar-refractivity contribution >= 4 is 23.5 Å². The highest BCUT2D eigenvalue weighted by Gasteiger charge is 2.10. The number of primary amides is 1. The molecular weight excluding hydrogens is 438 g/mol. The van der Waals surface area contributed by atoms with Crippen LogP contribution in [0.5, 0.6) is 0 Å². The van der Waals surface area contributed by atoms with Gasteiger partial charge in [-0.15, -0.1) is 0 Å². The topological polar surface area (TPSA) is 170 Å². The second-order valence-corrected chi connectivity index (χ2v) is 7.61. The highest BCUT2D eigenvalue weighted by atomic mass is 16.5. The van der Waals surface area contributed by atoms with Crippen LogP contribution in [-0.4, -0.2) is 43.3 Å². The van der Waals surface area contributed by atoms with Gasteiger partial charge in [-0.2, -0.15) is 10.1 Å². The minimum absolute atomic E-state index is 0.225. The molecule has 12 nitrogen and oxygen atoms in total. The molecule has 5 N–H and O–H groups in total. The van der Waals surface area contributed by atoms with Crippen molar-refractivity contribution in [2.24, 2.45) is 5.73 Å². The van der Waals surface area contributed by atoms with Gasteiger partial charge in [-0.1, -0.05) is 5.16 Å². The van der Waals surface area contributed by atoms with Crippen LogP contribution in [0.2, 0.25) is 0 Å². The van der Waals surface area contributed by atoms with Crippen LogP contribution in [0.1, 0.15) is 38.9 Å². The molecule has 0 aliphatic rings. The van der Waals surface area contributed by atoms with Gasteiger partial charge in [0.1, 0.15) is 11.5 Å². The number of nitrogens with zero attached hydrogens (tertiary/aromatic N) is 5. The molecule has 0 aliphatic carbocycles. The molecule has 4 rings (SSSR count). The average molecular weight is 464 g/mol. The van der Waals surface area contributed by atoms with Crippen LogP contribution in [0.4, 0.5) is 17.6 Å². The van der Waals surface area contributed by atoms with Crippen LogP contribution in [-0.2, 0) is 30.7 Å². The number of nitrogens with two attached hydrogens (primary N) is 1. The van der Waals surface area contributed by atoms with Gasteiger partial charge in [0.2, 0.25) is 5.95 Å². The van der Waals surface area contributed by atoms with Crippen LogP contribution >= 0.6 is 0 Å². The summed E-state index contributed by atoms with van der Waals surface area (Å²) in [6.45, 7) is 2.66. The largest absolute Gasteiger partial charge is 0.380 e. The third-order valence-electron chi connectivity index (χ3n) is 4.79. The Balaban J connectivity index is 1.35. The number of carbonyl (C=O) groups is 1. The molecule has 4 aromatic rings. The van der Waals surface area contributed by atoms with Gasteiger partial charge >= 0.3 is 0 Å². The summed E-state index contributed by atoms with van der Waals surface area (Å²) in [5, 5.41) is 17.4. The first kappa shape index (κ1) is 22.9. The summed E-state index contributed by atoms with van der Waals surface area (Å²) < 4.78 is 10.3. The van der Waals surface area contributed by atoms with Gasteiger partial charge in [-0.05, 0) is 43.5 Å². The minimum atomic E-state index is -0.568. The van der Waals surface area contributed by atoms with E-state index in [0.29, 0.717) is 49.3 Å². The summed E-state index contributed by atoms with van der Waals surface area (Å²) in [4.78, 5) is 24.6. The summed E-state index contributed by atoms with van der Waals surface area (Å²) >= 11 is 0. The molecule has 0 spiro atoms. The zero-order chi connectivity index (χ0) is 23.9. The lowest BCUT2D eigenvalue weighted by molar-refractivity contribution is 0.0995. The molecule has 0 bridgehead atoms. The number of aryl methyl sites for hydroxylation is 3. The quantitative estimate of drug-likeness (QED) is 0.259. The van der Waals surface area contributed by atoms with Crippen LogP contribution < -0.4 is 16.4 Å². The highest BCUT2D eigenvalue weighted by molar-refractivity contribution is 5.90. The molecule has 0 unspecified atom stereocenters. The van der Waals surface area contributed by atoms with Crippen LogP contribution in [0, 0.1) is 6.92 Å². The summed E-state index contributed by atoms with van der Waals surface area (Å²) in [7, 11) is 1.59. The lowest BCUT2D eigenvalue weighted by Gasteiger charge is -2.06. The molecule has 4 aromatic heterocycles. The van der Waals surface area contributed by atoms with E-state index < -0.39 is 5.91 Å². The Labute approximate surface area is 195 Å². The molecule has 0 fully saturated rings. The molecule has 4 heterocycles. The molecule has 0 aromatic carbocycles. The number of aromatic amines is 1. The van der Waals surface area contributed by atoms with Gasteiger partial charge in [0.25, 0.3) is 5.91 Å². The third-order valence-corrected chi connectivity index (χ3v) is 4.79. The zero-order valence-corrected chi connectivity index (χ0v) is 18.8. The van der Waals surface area contributed by atoms with Gasteiger partial charge in [-0.25, -0.2) is 9.97 Å². The first-order chi connectivity index (χ1) is 16.5. The number of carbonyl (C=O) groups excluding carboxylic acids is 1. The molecule has 0 atom stereocenters. The minimum Gasteiger partial charge on any atom is -0.380 e. The summed E-state index contributed by atoms with van der Waals surface area (Å²) in [5.41, 5.74) is 8.94. The number of rotatable bonds is 11. The number of methoxy groups -OCH3 is 1. The molecule has 0 radical (unpaired) electrons. The Hall–Kier alpha value is -4.32. The van der Waals surface area contributed by atoms with E-state index in [1.807, 2.05) is 25.1 Å². The first-order valence-corrected chi connectivity index (χ1v) is 10.6. The van der Waals surface area contributed by atoms with Crippen molar-refractivity contribution in [2.45, 2.75) is 32.9 Å². The molecule has 34 heavy (non-hydrogen) atoms. The SMILES string of the molecule is COCc1cc(CCc2cc(Nc3ccnc(NCc4cc(C)no4)n3)n[nH]2)nc(C(N)=O)c1. The molecule has 0 aliphatic heterocycles. The number of ether oxygens (including phenoxy) is 1. The predicted octanol–water partition coefficient (Wildman–Crippen LogP) is 2.28. The van der Waals surface area contributed by atoms with Gasteiger partial charge in [0.15, 0.2) is 11.6 Å². The molecule has 12 heteroatoms. The molecule has 0 saturated heterocycles. The molecule has 1 amide bonds. The fraction of sp³-hybridized carbons (Fsp3) is 0.273. The standard InChI is InChI=1S/C22H25N9O3/c1-13-7-17(34-31-13)11-25-22-24-6-5-19(28-22)27-20-10-16(29-30-20)4-3-15-8-14(12-33-2)9-18(26-15)21(23)32/h5-10H,3-4,11-12H2,1-2H3,(H2,23,32)(H3,24,25,27,28,29,30). The van der Waals surface area contributed by atoms with Crippen molar-refractivity contribution in [1.29, 1.82) is 0 Å². The van der Waals surface area contributed by atoms with E-state index in [-0.39, 0.29) is 5.69 Å². The Kier molecular flexibility index (Phi) is 7.08. The fourth-order valence-corrected chi connectivity index (χ4v) is 3.28. The second-order valence-electron chi connectivity index (χ2n) is 7.61. The van der Waals surface area contributed by atoms with E-state index in [0.717, 1.165) is 22.6 Å². The van der Waals surface area contributed by atoms with Crippen molar-refractivity contribution in [1.82, 2.24) is 30.3 Å². The van der Waals surface area contributed by atoms with Gasteiger partial charge < -0.3 is 25.6 Å². The second kappa shape index (κ2) is 10.5. The number of nitrogens with one attached hydrogen (secondary N) is 3. The number of pyridine rings is 1. The monoisotopic (exact) mass is 463 g/mol. The van der Waals surface area contributed by atoms with E-state index in [2.05, 4.69) is 40.9 Å². The van der Waals surface area contributed by atoms with E-state index in [9.17, 15) is 4.79 Å². The maximum Gasteiger partial charge on any atom is 0.267 e. The van der Waals surface area contributed by atoms with Crippen molar-refractivity contribution < 1.29 is 14.1 Å². The Morgan fingerprint density at radius 3 is 2.82 bits per heavy atom. The van der Waals surface area contributed by atoms with Crippen LogP contribution in [0.25, 0.3) is 0 Å². The molecular formula is C22H25N9O3. The molecule has 176 valence electrons. The number of hydrogen-bond donors (Lipinski definition) is 4. The van der Waals surface area contributed by atoms with Crippen LogP contribution in [0.3, 0.4) is 0 Å². The maximum atomic E-state index is 11.6. The van der Waals surface area contributed by atoms with Crippen molar-refractivity contribution in [3.8, 4) is 0 Å². The number of H-pyrrole nitrogens is 1.